The maximum absolute atomic E-state index is 12.3. The summed E-state index contributed by atoms with van der Waals surface area (Å²) >= 11 is 0. The first kappa shape index (κ1) is 16.5. The Labute approximate surface area is 138 Å². The van der Waals surface area contributed by atoms with Gasteiger partial charge in [0.25, 0.3) is 0 Å². The molecular formula is C18H29N3O2. The van der Waals surface area contributed by atoms with Crippen molar-refractivity contribution in [2.75, 3.05) is 18.5 Å². The summed E-state index contributed by atoms with van der Waals surface area (Å²) in [4.78, 5) is 12.3. The lowest BCUT2D eigenvalue weighted by molar-refractivity contribution is -0.117. The van der Waals surface area contributed by atoms with E-state index in [1.807, 2.05) is 13.1 Å². The van der Waals surface area contributed by atoms with Gasteiger partial charge in [-0.05, 0) is 37.5 Å². The Balaban J connectivity index is 1.56. The number of nitrogens with zero attached hydrogens (tertiary/aromatic N) is 2. The van der Waals surface area contributed by atoms with Crippen LogP contribution in [0.25, 0.3) is 0 Å². The molecule has 5 heteroatoms. The Kier molecular flexibility index (Phi) is 5.36. The molecule has 1 aromatic heterocycles. The molecule has 2 heterocycles. The van der Waals surface area contributed by atoms with Gasteiger partial charge < -0.3 is 10.1 Å². The molecule has 0 aromatic carbocycles. The zero-order valence-electron chi connectivity index (χ0n) is 14.4. The molecule has 0 spiro atoms. The van der Waals surface area contributed by atoms with Gasteiger partial charge >= 0.3 is 0 Å². The number of carbonyl (C=O) groups excluding carboxylic acids is 1. The summed E-state index contributed by atoms with van der Waals surface area (Å²) in [6.07, 6.45) is 7.78. The molecule has 2 aliphatic rings. The summed E-state index contributed by atoms with van der Waals surface area (Å²) in [7, 11) is 1.89. The standard InChI is InChI=1S/C18H29N3O2/c1-13-5-3-6-14(9-13)10-18(22)19-17-11-16(20-21(17)2)15-7-4-8-23-12-15/h11,13-15H,3-10,12H2,1-2H3,(H,19,22)/t13-,14-,15-/m1/s1. The van der Waals surface area contributed by atoms with Crippen LogP contribution < -0.4 is 5.32 Å². The SMILES string of the molecule is C[C@@H]1CCC[C@@H](CC(=O)Nc2cc([C@@H]3CCCOC3)nn2C)C1. The molecule has 1 aliphatic carbocycles. The normalized spacial score (nSPS) is 28.5. The Bertz CT molecular complexity index is 534. The second-order valence-electron chi connectivity index (χ2n) is 7.38. The smallest absolute Gasteiger partial charge is 0.225 e. The lowest BCUT2D eigenvalue weighted by Crippen LogP contribution is -2.21. The Morgan fingerprint density at radius 1 is 1.39 bits per heavy atom. The number of nitrogens with one attached hydrogen (secondary N) is 1. The summed E-state index contributed by atoms with van der Waals surface area (Å²) < 4.78 is 7.32. The zero-order chi connectivity index (χ0) is 16.2. The maximum atomic E-state index is 12.3. The number of anilines is 1. The molecule has 5 nitrogen and oxygen atoms in total. The van der Waals surface area contributed by atoms with E-state index in [9.17, 15) is 4.79 Å². The third-order valence-electron chi connectivity index (χ3n) is 5.26. The van der Waals surface area contributed by atoms with Crippen molar-refractivity contribution in [2.45, 2.75) is 57.8 Å². The fraction of sp³-hybridized carbons (Fsp3) is 0.778. The largest absolute Gasteiger partial charge is 0.381 e. The van der Waals surface area contributed by atoms with E-state index < -0.39 is 0 Å². The molecule has 0 unspecified atom stereocenters. The van der Waals surface area contributed by atoms with E-state index in [4.69, 9.17) is 4.74 Å². The average molecular weight is 319 g/mol. The van der Waals surface area contributed by atoms with Crippen LogP contribution in [0.15, 0.2) is 6.07 Å². The highest BCUT2D eigenvalue weighted by molar-refractivity contribution is 5.90. The van der Waals surface area contributed by atoms with Crippen LogP contribution in [0.3, 0.4) is 0 Å². The molecule has 1 aliphatic heterocycles. The fourth-order valence-electron chi connectivity index (χ4n) is 3.98. The van der Waals surface area contributed by atoms with Crippen LogP contribution in [0.4, 0.5) is 5.82 Å². The summed E-state index contributed by atoms with van der Waals surface area (Å²) in [5.74, 6) is 2.59. The number of amides is 1. The highest BCUT2D eigenvalue weighted by Gasteiger charge is 2.23. The van der Waals surface area contributed by atoms with E-state index in [1.54, 1.807) is 4.68 Å². The van der Waals surface area contributed by atoms with Crippen LogP contribution >= 0.6 is 0 Å². The Hall–Kier alpha value is -1.36. The maximum Gasteiger partial charge on any atom is 0.225 e. The number of carbonyl (C=O) groups is 1. The zero-order valence-corrected chi connectivity index (χ0v) is 14.4. The van der Waals surface area contributed by atoms with Gasteiger partial charge in [-0.15, -0.1) is 0 Å². The molecule has 0 radical (unpaired) electrons. The van der Waals surface area contributed by atoms with Crippen LogP contribution in [0.2, 0.25) is 0 Å². The van der Waals surface area contributed by atoms with Gasteiger partial charge in [-0.3, -0.25) is 9.48 Å². The van der Waals surface area contributed by atoms with Crippen molar-refractivity contribution < 1.29 is 9.53 Å². The molecule has 3 atom stereocenters. The van der Waals surface area contributed by atoms with Gasteiger partial charge in [0.2, 0.25) is 5.91 Å². The molecule has 1 amide bonds. The minimum absolute atomic E-state index is 0.124. The first-order valence-electron chi connectivity index (χ1n) is 9.03. The van der Waals surface area contributed by atoms with E-state index in [0.717, 1.165) is 43.5 Å². The summed E-state index contributed by atoms with van der Waals surface area (Å²) in [6, 6.07) is 2.01. The molecule has 3 rings (SSSR count). The van der Waals surface area contributed by atoms with Gasteiger partial charge in [0.15, 0.2) is 0 Å². The first-order chi connectivity index (χ1) is 11.1. The van der Waals surface area contributed by atoms with Crippen molar-refractivity contribution in [1.29, 1.82) is 0 Å². The van der Waals surface area contributed by atoms with Crippen molar-refractivity contribution in [3.63, 3.8) is 0 Å². The second-order valence-corrected chi connectivity index (χ2v) is 7.38. The quantitative estimate of drug-likeness (QED) is 0.924. The molecule has 1 aromatic rings. The second kappa shape index (κ2) is 7.47. The predicted octanol–water partition coefficient (Wildman–Crippen LogP) is 3.47. The van der Waals surface area contributed by atoms with Crippen LogP contribution in [-0.4, -0.2) is 28.9 Å². The van der Waals surface area contributed by atoms with Gasteiger partial charge in [0.05, 0.1) is 12.3 Å². The number of hydrogen-bond acceptors (Lipinski definition) is 3. The Morgan fingerprint density at radius 2 is 2.26 bits per heavy atom. The average Bonchev–Trinajstić information content (AvgIpc) is 2.89. The van der Waals surface area contributed by atoms with Crippen molar-refractivity contribution in [1.82, 2.24) is 9.78 Å². The summed E-state index contributed by atoms with van der Waals surface area (Å²) in [5, 5.41) is 7.62. The van der Waals surface area contributed by atoms with Crippen LogP contribution in [0.5, 0.6) is 0 Å². The topological polar surface area (TPSA) is 56.1 Å². The van der Waals surface area contributed by atoms with Crippen molar-refractivity contribution in [3.05, 3.63) is 11.8 Å². The minimum atomic E-state index is 0.124. The first-order valence-corrected chi connectivity index (χ1v) is 9.03. The third kappa shape index (κ3) is 4.34. The molecule has 128 valence electrons. The van der Waals surface area contributed by atoms with Crippen molar-refractivity contribution in [2.24, 2.45) is 18.9 Å². The van der Waals surface area contributed by atoms with Crippen LogP contribution in [-0.2, 0) is 16.6 Å². The Morgan fingerprint density at radius 3 is 3.00 bits per heavy atom. The molecule has 2 fully saturated rings. The van der Waals surface area contributed by atoms with E-state index in [1.165, 1.54) is 25.7 Å². The highest BCUT2D eigenvalue weighted by atomic mass is 16.5. The molecule has 1 saturated heterocycles. The monoisotopic (exact) mass is 319 g/mol. The van der Waals surface area contributed by atoms with E-state index >= 15 is 0 Å². The number of aryl methyl sites for hydroxylation is 1. The highest BCUT2D eigenvalue weighted by Crippen LogP contribution is 2.31. The number of hydrogen-bond donors (Lipinski definition) is 1. The van der Waals surface area contributed by atoms with Crippen LogP contribution in [0, 0.1) is 11.8 Å². The van der Waals surface area contributed by atoms with Gasteiger partial charge in [-0.1, -0.05) is 19.8 Å². The fourth-order valence-corrected chi connectivity index (χ4v) is 3.98. The van der Waals surface area contributed by atoms with E-state index in [0.29, 0.717) is 18.3 Å². The summed E-state index contributed by atoms with van der Waals surface area (Å²) in [6.45, 7) is 3.89. The van der Waals surface area contributed by atoms with Crippen LogP contribution in [0.1, 0.15) is 63.5 Å². The minimum Gasteiger partial charge on any atom is -0.381 e. The molecule has 1 N–H and O–H groups in total. The molecule has 23 heavy (non-hydrogen) atoms. The lowest BCUT2D eigenvalue weighted by atomic mass is 9.81. The molecule has 1 saturated carbocycles. The van der Waals surface area contributed by atoms with Crippen molar-refractivity contribution in [3.8, 4) is 0 Å². The van der Waals surface area contributed by atoms with Gasteiger partial charge in [0, 0.05) is 32.1 Å². The predicted molar refractivity (Wildman–Crippen MR) is 90.4 cm³/mol. The summed E-state index contributed by atoms with van der Waals surface area (Å²) in [5.41, 5.74) is 1.04. The van der Waals surface area contributed by atoms with E-state index in [-0.39, 0.29) is 5.91 Å². The van der Waals surface area contributed by atoms with Crippen molar-refractivity contribution >= 4 is 11.7 Å². The molecular weight excluding hydrogens is 290 g/mol. The molecule has 0 bridgehead atoms. The number of ether oxygens (including phenoxy) is 1. The third-order valence-corrected chi connectivity index (χ3v) is 5.26. The van der Waals surface area contributed by atoms with Gasteiger partial charge in [-0.25, -0.2) is 0 Å². The van der Waals surface area contributed by atoms with Gasteiger partial charge in [0.1, 0.15) is 5.82 Å². The number of aromatic nitrogens is 2. The van der Waals surface area contributed by atoms with Gasteiger partial charge in [-0.2, -0.15) is 5.10 Å². The van der Waals surface area contributed by atoms with E-state index in [2.05, 4.69) is 17.3 Å². The number of rotatable bonds is 4. The lowest BCUT2D eigenvalue weighted by Gasteiger charge is -2.26.